The monoisotopic (exact) mass is 447 g/mol. The minimum Gasteiger partial charge on any atom is -0.377 e. The van der Waals surface area contributed by atoms with Gasteiger partial charge in [-0.15, -0.1) is 10.2 Å². The average Bonchev–Trinajstić information content (AvgIpc) is 3.14. The second kappa shape index (κ2) is 7.30. The highest BCUT2D eigenvalue weighted by Crippen LogP contribution is 2.37. The molecule has 2 aromatic heterocycles. The lowest BCUT2D eigenvalue weighted by Gasteiger charge is -2.45. The number of hydrogen-bond donors (Lipinski definition) is 0. The van der Waals surface area contributed by atoms with E-state index in [1.165, 1.54) is 6.07 Å². The summed E-state index contributed by atoms with van der Waals surface area (Å²) in [5.41, 5.74) is 1.16. The summed E-state index contributed by atoms with van der Waals surface area (Å²) in [6.07, 6.45) is 0. The topological polar surface area (TPSA) is 73.1 Å². The molecule has 3 aromatic rings. The quantitative estimate of drug-likeness (QED) is 0.598. The second-order valence-corrected chi connectivity index (χ2v) is 8.06. The Kier molecular flexibility index (Phi) is 4.72. The smallest absolute Gasteiger partial charge is 0.256 e. The normalized spacial score (nSPS) is 20.2. The zero-order chi connectivity index (χ0) is 21.0. The van der Waals surface area contributed by atoms with Crippen molar-refractivity contribution in [3.63, 3.8) is 0 Å². The van der Waals surface area contributed by atoms with Crippen molar-refractivity contribution in [2.24, 2.45) is 0 Å². The van der Waals surface area contributed by atoms with Crippen molar-refractivity contribution in [3.8, 4) is 11.5 Å². The highest BCUT2D eigenvalue weighted by molar-refractivity contribution is 6.43. The largest absolute Gasteiger partial charge is 0.377 e. The minimum absolute atomic E-state index is 0.224. The third kappa shape index (κ3) is 2.98. The summed E-state index contributed by atoms with van der Waals surface area (Å²) in [6.45, 7) is 2.68. The van der Waals surface area contributed by atoms with Crippen LogP contribution in [-0.2, 0) is 11.3 Å². The molecule has 154 valence electrons. The number of halogens is 3. The van der Waals surface area contributed by atoms with Crippen LogP contribution in [0, 0.1) is 12.7 Å². The maximum atomic E-state index is 13.6. The Morgan fingerprint density at radius 2 is 2.03 bits per heavy atom. The van der Waals surface area contributed by atoms with Gasteiger partial charge in [0.2, 0.25) is 0 Å². The molecule has 0 saturated carbocycles. The first-order chi connectivity index (χ1) is 14.5. The molecule has 0 unspecified atom stereocenters. The number of fused-ring (bicyclic) bond motifs is 4. The number of morpholine rings is 1. The van der Waals surface area contributed by atoms with E-state index < -0.39 is 6.04 Å². The van der Waals surface area contributed by atoms with E-state index in [2.05, 4.69) is 15.2 Å². The Morgan fingerprint density at radius 3 is 2.83 bits per heavy atom. The number of amides is 1. The number of carbonyl (C=O) groups excluding carboxylic acids is 1. The van der Waals surface area contributed by atoms with Crippen molar-refractivity contribution in [1.82, 2.24) is 24.6 Å². The standard InChI is InChI=1S/C20H16Cl2FN5O2/c1-10-14(23)5-6-15(24-10)18-25-26-19-16-9-30-8-11(7-27(18)19)28(16)20(29)12-3-2-4-13(21)17(12)22/h2-6,11,16H,7-9H2,1H3/t11-,16-/m1/s1. The molecule has 4 heterocycles. The molecule has 2 aliphatic heterocycles. The molecule has 1 aromatic carbocycles. The van der Waals surface area contributed by atoms with Gasteiger partial charge >= 0.3 is 0 Å². The molecule has 1 saturated heterocycles. The van der Waals surface area contributed by atoms with Crippen LogP contribution in [0.15, 0.2) is 30.3 Å². The van der Waals surface area contributed by atoms with E-state index in [0.717, 1.165) is 0 Å². The number of ether oxygens (including phenoxy) is 1. The molecule has 1 amide bonds. The van der Waals surface area contributed by atoms with Crippen LogP contribution in [0.25, 0.3) is 11.5 Å². The van der Waals surface area contributed by atoms with Crippen LogP contribution < -0.4 is 0 Å². The molecule has 1 fully saturated rings. The van der Waals surface area contributed by atoms with Crippen LogP contribution in [0.2, 0.25) is 10.0 Å². The van der Waals surface area contributed by atoms with Crippen LogP contribution in [0.1, 0.15) is 27.9 Å². The van der Waals surface area contributed by atoms with Crippen LogP contribution >= 0.6 is 23.2 Å². The number of nitrogens with zero attached hydrogens (tertiary/aromatic N) is 5. The van der Waals surface area contributed by atoms with Gasteiger partial charge in [-0.25, -0.2) is 9.37 Å². The molecule has 10 heteroatoms. The van der Waals surface area contributed by atoms with Crippen LogP contribution in [0.4, 0.5) is 4.39 Å². The van der Waals surface area contributed by atoms with Crippen molar-refractivity contribution in [2.45, 2.75) is 25.6 Å². The zero-order valence-electron chi connectivity index (χ0n) is 15.8. The first-order valence-electron chi connectivity index (χ1n) is 9.36. The number of benzene rings is 1. The Balaban J connectivity index is 1.56. The molecular weight excluding hydrogens is 432 g/mol. The van der Waals surface area contributed by atoms with Crippen LogP contribution in [0.5, 0.6) is 0 Å². The third-order valence-electron chi connectivity index (χ3n) is 5.45. The molecule has 0 radical (unpaired) electrons. The van der Waals surface area contributed by atoms with Crippen molar-refractivity contribution < 1.29 is 13.9 Å². The molecule has 5 rings (SSSR count). The molecule has 0 N–H and O–H groups in total. The number of aromatic nitrogens is 4. The van der Waals surface area contributed by atoms with Crippen molar-refractivity contribution >= 4 is 29.1 Å². The maximum absolute atomic E-state index is 13.6. The van der Waals surface area contributed by atoms with Gasteiger partial charge in [0.15, 0.2) is 11.6 Å². The van der Waals surface area contributed by atoms with Crippen LogP contribution in [-0.4, -0.2) is 49.8 Å². The van der Waals surface area contributed by atoms with E-state index in [-0.39, 0.29) is 35.1 Å². The molecule has 2 bridgehead atoms. The summed E-state index contributed by atoms with van der Waals surface area (Å²) in [6, 6.07) is 7.27. The van der Waals surface area contributed by atoms with E-state index in [9.17, 15) is 9.18 Å². The highest BCUT2D eigenvalue weighted by Gasteiger charge is 2.44. The number of hydrogen-bond acceptors (Lipinski definition) is 5. The Bertz CT molecular complexity index is 1170. The minimum atomic E-state index is -0.428. The van der Waals surface area contributed by atoms with E-state index in [1.54, 1.807) is 36.1 Å². The van der Waals surface area contributed by atoms with E-state index in [4.69, 9.17) is 27.9 Å². The fraction of sp³-hybridized carbons (Fsp3) is 0.300. The molecule has 7 nitrogen and oxygen atoms in total. The lowest BCUT2D eigenvalue weighted by atomic mass is 10.0. The second-order valence-electron chi connectivity index (χ2n) is 7.28. The third-order valence-corrected chi connectivity index (χ3v) is 6.27. The first-order valence-corrected chi connectivity index (χ1v) is 10.1. The zero-order valence-corrected chi connectivity index (χ0v) is 17.4. The fourth-order valence-corrected chi connectivity index (χ4v) is 4.38. The fourth-order valence-electron chi connectivity index (χ4n) is 4.00. The summed E-state index contributed by atoms with van der Waals surface area (Å²) < 4.78 is 21.3. The van der Waals surface area contributed by atoms with Gasteiger partial charge in [0.25, 0.3) is 5.91 Å². The number of aryl methyl sites for hydroxylation is 1. The molecular formula is C20H16Cl2FN5O2. The van der Waals surface area contributed by atoms with Gasteiger partial charge in [0.1, 0.15) is 17.6 Å². The van der Waals surface area contributed by atoms with E-state index in [0.29, 0.717) is 41.1 Å². The van der Waals surface area contributed by atoms with Crippen molar-refractivity contribution in [3.05, 3.63) is 63.3 Å². The first kappa shape index (κ1) is 19.4. The molecule has 2 aliphatic rings. The van der Waals surface area contributed by atoms with Gasteiger partial charge in [-0.05, 0) is 31.2 Å². The van der Waals surface area contributed by atoms with Crippen molar-refractivity contribution in [1.29, 1.82) is 0 Å². The van der Waals surface area contributed by atoms with E-state index in [1.807, 2.05) is 4.57 Å². The lowest BCUT2D eigenvalue weighted by Crippen LogP contribution is -2.56. The SMILES string of the molecule is Cc1nc(-c2nnc3n2C[C@@H]2COC[C@H]3N2C(=O)c2cccc(Cl)c2Cl)ccc1F. The van der Waals surface area contributed by atoms with Crippen LogP contribution in [0.3, 0.4) is 0 Å². The molecule has 30 heavy (non-hydrogen) atoms. The van der Waals surface area contributed by atoms with Crippen molar-refractivity contribution in [2.75, 3.05) is 13.2 Å². The van der Waals surface area contributed by atoms with Gasteiger partial charge < -0.3 is 14.2 Å². The molecule has 0 aliphatic carbocycles. The highest BCUT2D eigenvalue weighted by atomic mass is 35.5. The number of pyridine rings is 1. The summed E-state index contributed by atoms with van der Waals surface area (Å²) in [7, 11) is 0. The molecule has 2 atom stereocenters. The maximum Gasteiger partial charge on any atom is 0.256 e. The van der Waals surface area contributed by atoms with Gasteiger partial charge in [0, 0.05) is 6.54 Å². The van der Waals surface area contributed by atoms with E-state index >= 15 is 0 Å². The number of carbonyl (C=O) groups is 1. The van der Waals surface area contributed by atoms with Gasteiger partial charge in [0.05, 0.1) is 40.6 Å². The lowest BCUT2D eigenvalue weighted by molar-refractivity contribution is -0.0569. The number of rotatable bonds is 2. The molecule has 0 spiro atoms. The van der Waals surface area contributed by atoms with Gasteiger partial charge in [-0.1, -0.05) is 29.3 Å². The Labute approximate surface area is 181 Å². The van der Waals surface area contributed by atoms with Gasteiger partial charge in [-0.3, -0.25) is 4.79 Å². The Morgan fingerprint density at radius 1 is 1.20 bits per heavy atom. The predicted molar refractivity (Wildman–Crippen MR) is 108 cm³/mol. The Hall–Kier alpha value is -2.55. The van der Waals surface area contributed by atoms with Gasteiger partial charge in [-0.2, -0.15) is 0 Å². The summed E-state index contributed by atoms with van der Waals surface area (Å²) >= 11 is 12.4. The summed E-state index contributed by atoms with van der Waals surface area (Å²) in [5, 5.41) is 9.15. The summed E-state index contributed by atoms with van der Waals surface area (Å²) in [5.74, 6) is 0.527. The average molecular weight is 448 g/mol. The predicted octanol–water partition coefficient (Wildman–Crippen LogP) is 3.69. The summed E-state index contributed by atoms with van der Waals surface area (Å²) in [4.78, 5) is 19.4.